The predicted molar refractivity (Wildman–Crippen MR) is 92.7 cm³/mol. The molecule has 1 aliphatic carbocycles. The Morgan fingerprint density at radius 3 is 2.61 bits per heavy atom. The lowest BCUT2D eigenvalue weighted by atomic mass is 9.81. The summed E-state index contributed by atoms with van der Waals surface area (Å²) in [4.78, 5) is 28.9. The Labute approximate surface area is 162 Å². The minimum absolute atomic E-state index is 0.326. The van der Waals surface area contributed by atoms with Gasteiger partial charge in [0.05, 0.1) is 5.56 Å². The van der Waals surface area contributed by atoms with E-state index in [1.807, 2.05) is 0 Å². The lowest BCUT2D eigenvalue weighted by Crippen LogP contribution is -2.49. The number of hydrogen-bond donors (Lipinski definition) is 1. The van der Waals surface area contributed by atoms with E-state index in [0.29, 0.717) is 41.4 Å². The summed E-state index contributed by atoms with van der Waals surface area (Å²) in [6, 6.07) is 0.545. The minimum Gasteiger partial charge on any atom is -0.342 e. The van der Waals surface area contributed by atoms with Crippen LogP contribution >= 0.6 is 11.6 Å². The van der Waals surface area contributed by atoms with Crippen molar-refractivity contribution >= 4 is 17.5 Å². The van der Waals surface area contributed by atoms with Crippen molar-refractivity contribution in [1.29, 1.82) is 0 Å². The Hall–Kier alpha value is -2.36. The molecular formula is C17H18ClF3N4O3. The van der Waals surface area contributed by atoms with Gasteiger partial charge in [-0.15, -0.1) is 0 Å². The molecule has 2 heterocycles. The molecule has 2 aromatic rings. The van der Waals surface area contributed by atoms with Crippen LogP contribution in [0.4, 0.5) is 13.2 Å². The molecule has 0 atom stereocenters. The lowest BCUT2D eigenvalue weighted by molar-refractivity contribution is -0.138. The van der Waals surface area contributed by atoms with E-state index in [1.165, 1.54) is 0 Å². The van der Waals surface area contributed by atoms with Gasteiger partial charge < -0.3 is 14.4 Å². The number of carbonyl (C=O) groups is 1. The molecule has 0 radical (unpaired) electrons. The summed E-state index contributed by atoms with van der Waals surface area (Å²) in [6.45, 7) is 1.01. The van der Waals surface area contributed by atoms with Crippen LogP contribution in [-0.4, -0.2) is 20.6 Å². The van der Waals surface area contributed by atoms with Crippen molar-refractivity contribution in [2.24, 2.45) is 0 Å². The van der Waals surface area contributed by atoms with Gasteiger partial charge in [0.25, 0.3) is 5.56 Å². The van der Waals surface area contributed by atoms with Crippen LogP contribution in [0.2, 0.25) is 5.02 Å². The maximum atomic E-state index is 13.0. The van der Waals surface area contributed by atoms with Crippen molar-refractivity contribution in [3.8, 4) is 0 Å². The van der Waals surface area contributed by atoms with Gasteiger partial charge in [0.1, 0.15) is 17.1 Å². The molecule has 3 rings (SSSR count). The zero-order valence-electron chi connectivity index (χ0n) is 15.0. The number of alkyl halides is 3. The number of carbonyl (C=O) groups excluding carboxylic acids is 1. The molecule has 1 aliphatic rings. The summed E-state index contributed by atoms with van der Waals surface area (Å²) < 4.78 is 44.6. The van der Waals surface area contributed by atoms with Gasteiger partial charge in [0.2, 0.25) is 11.8 Å². The van der Waals surface area contributed by atoms with Crippen LogP contribution in [0.5, 0.6) is 0 Å². The zero-order valence-corrected chi connectivity index (χ0v) is 15.7. The van der Waals surface area contributed by atoms with E-state index in [1.54, 1.807) is 6.92 Å². The summed E-state index contributed by atoms with van der Waals surface area (Å²) in [5, 5.41) is 6.11. The first kappa shape index (κ1) is 20.4. The fourth-order valence-corrected chi connectivity index (χ4v) is 3.61. The van der Waals surface area contributed by atoms with E-state index < -0.39 is 40.3 Å². The van der Waals surface area contributed by atoms with Crippen molar-refractivity contribution in [2.45, 2.75) is 57.3 Å². The molecule has 0 saturated heterocycles. The Balaban J connectivity index is 1.86. The van der Waals surface area contributed by atoms with Crippen LogP contribution in [-0.2, 0) is 23.1 Å². The highest BCUT2D eigenvalue weighted by Crippen LogP contribution is 2.35. The summed E-state index contributed by atoms with van der Waals surface area (Å²) in [6.07, 6.45) is -0.350. The first-order valence-corrected chi connectivity index (χ1v) is 9.07. The highest BCUT2D eigenvalue weighted by atomic mass is 35.5. The monoisotopic (exact) mass is 418 g/mol. The van der Waals surface area contributed by atoms with Crippen molar-refractivity contribution < 1.29 is 22.5 Å². The standard InChI is InChI=1S/C17H18ClF3N4O3/c1-10-22-15(24-28-10)16(5-3-2-4-6-16)23-13(26)9-25-8-11(17(19,20)21)7-12(18)14(25)27/h7-8H,2-6,9H2,1H3,(H,23,26). The van der Waals surface area contributed by atoms with Gasteiger partial charge in [0.15, 0.2) is 5.82 Å². The van der Waals surface area contributed by atoms with Crippen LogP contribution in [0.1, 0.15) is 49.4 Å². The third-order valence-corrected chi connectivity index (χ3v) is 5.00. The molecule has 11 heteroatoms. The number of aryl methyl sites for hydroxylation is 1. The lowest BCUT2D eigenvalue weighted by Gasteiger charge is -2.35. The average Bonchev–Trinajstić information content (AvgIpc) is 3.06. The normalized spacial score (nSPS) is 16.8. The fraction of sp³-hybridized carbons (Fsp3) is 0.529. The number of amides is 1. The number of rotatable bonds is 4. The average molecular weight is 419 g/mol. The Morgan fingerprint density at radius 1 is 1.36 bits per heavy atom. The molecule has 1 amide bonds. The molecule has 0 aliphatic heterocycles. The van der Waals surface area contributed by atoms with Gasteiger partial charge >= 0.3 is 6.18 Å². The van der Waals surface area contributed by atoms with Crippen LogP contribution in [0.3, 0.4) is 0 Å². The molecule has 0 unspecified atom stereocenters. The van der Waals surface area contributed by atoms with Crippen molar-refractivity contribution in [3.05, 3.63) is 44.9 Å². The SMILES string of the molecule is Cc1nc(C2(NC(=O)Cn3cc(C(F)(F)F)cc(Cl)c3=O)CCCCC2)no1. The van der Waals surface area contributed by atoms with Crippen LogP contribution in [0.25, 0.3) is 0 Å². The van der Waals surface area contributed by atoms with Crippen LogP contribution in [0.15, 0.2) is 21.6 Å². The molecule has 0 bridgehead atoms. The summed E-state index contributed by atoms with van der Waals surface area (Å²) in [5.74, 6) is 0.0318. The second kappa shape index (κ2) is 7.57. The van der Waals surface area contributed by atoms with Gasteiger partial charge in [-0.05, 0) is 18.9 Å². The Bertz CT molecular complexity index is 932. The van der Waals surface area contributed by atoms with E-state index in [-0.39, 0.29) is 0 Å². The van der Waals surface area contributed by atoms with Gasteiger partial charge in [-0.25, -0.2) is 0 Å². The molecule has 1 fully saturated rings. The zero-order chi connectivity index (χ0) is 20.5. The van der Waals surface area contributed by atoms with E-state index in [4.69, 9.17) is 16.1 Å². The van der Waals surface area contributed by atoms with Gasteiger partial charge in [-0.3, -0.25) is 9.59 Å². The molecule has 152 valence electrons. The van der Waals surface area contributed by atoms with E-state index >= 15 is 0 Å². The van der Waals surface area contributed by atoms with Crippen LogP contribution < -0.4 is 10.9 Å². The highest BCUT2D eigenvalue weighted by Gasteiger charge is 2.40. The van der Waals surface area contributed by atoms with E-state index in [0.717, 1.165) is 19.3 Å². The third kappa shape index (κ3) is 4.21. The fourth-order valence-electron chi connectivity index (χ4n) is 3.39. The number of halogens is 4. The molecule has 0 aromatic carbocycles. The maximum Gasteiger partial charge on any atom is 0.417 e. The molecule has 28 heavy (non-hydrogen) atoms. The second-order valence-corrected chi connectivity index (χ2v) is 7.24. The third-order valence-electron chi connectivity index (χ3n) is 4.73. The molecular weight excluding hydrogens is 401 g/mol. The Morgan fingerprint density at radius 2 is 2.04 bits per heavy atom. The quantitative estimate of drug-likeness (QED) is 0.823. The van der Waals surface area contributed by atoms with Gasteiger partial charge in [-0.1, -0.05) is 36.0 Å². The van der Waals surface area contributed by atoms with Crippen molar-refractivity contribution in [3.63, 3.8) is 0 Å². The maximum absolute atomic E-state index is 13.0. The number of nitrogens with zero attached hydrogens (tertiary/aromatic N) is 3. The topological polar surface area (TPSA) is 90.0 Å². The first-order chi connectivity index (χ1) is 13.1. The van der Waals surface area contributed by atoms with Crippen LogP contribution in [0, 0.1) is 6.92 Å². The molecule has 0 spiro atoms. The van der Waals surface area contributed by atoms with E-state index in [2.05, 4.69) is 15.5 Å². The highest BCUT2D eigenvalue weighted by molar-refractivity contribution is 6.30. The predicted octanol–water partition coefficient (Wildman–Crippen LogP) is 3.19. The van der Waals surface area contributed by atoms with Crippen molar-refractivity contribution in [1.82, 2.24) is 20.0 Å². The smallest absolute Gasteiger partial charge is 0.342 e. The molecule has 1 N–H and O–H groups in total. The summed E-state index contributed by atoms with van der Waals surface area (Å²) >= 11 is 5.63. The summed E-state index contributed by atoms with van der Waals surface area (Å²) in [7, 11) is 0. The second-order valence-electron chi connectivity index (χ2n) is 6.84. The Kier molecular flexibility index (Phi) is 5.51. The number of pyridine rings is 1. The molecule has 1 saturated carbocycles. The summed E-state index contributed by atoms with van der Waals surface area (Å²) in [5.41, 5.74) is -2.86. The largest absolute Gasteiger partial charge is 0.417 e. The molecule has 7 nitrogen and oxygen atoms in total. The number of aromatic nitrogens is 3. The number of nitrogens with one attached hydrogen (secondary N) is 1. The van der Waals surface area contributed by atoms with Gasteiger partial charge in [0, 0.05) is 13.1 Å². The minimum atomic E-state index is -4.69. The van der Waals surface area contributed by atoms with E-state index in [9.17, 15) is 22.8 Å². The number of hydrogen-bond acceptors (Lipinski definition) is 5. The van der Waals surface area contributed by atoms with Crippen molar-refractivity contribution in [2.75, 3.05) is 0 Å². The first-order valence-electron chi connectivity index (χ1n) is 8.70. The molecule has 2 aromatic heterocycles. The van der Waals surface area contributed by atoms with Gasteiger partial charge in [-0.2, -0.15) is 18.2 Å².